The first-order valence-corrected chi connectivity index (χ1v) is 16.0. The van der Waals surface area contributed by atoms with Gasteiger partial charge in [-0.25, -0.2) is 24.7 Å². The van der Waals surface area contributed by atoms with Gasteiger partial charge in [0.2, 0.25) is 5.82 Å². The van der Waals surface area contributed by atoms with Crippen molar-refractivity contribution in [3.8, 4) is 17.3 Å². The van der Waals surface area contributed by atoms with Gasteiger partial charge in [-0.3, -0.25) is 14.4 Å². The lowest BCUT2D eigenvalue weighted by Crippen LogP contribution is -2.66. The van der Waals surface area contributed by atoms with Gasteiger partial charge in [0.1, 0.15) is 23.2 Å². The number of hydrogen-bond donors (Lipinski definition) is 3. The minimum absolute atomic E-state index is 0.0735. The molecule has 6 heterocycles. The summed E-state index contributed by atoms with van der Waals surface area (Å²) in [5, 5.41) is 25.4. The second-order valence-electron chi connectivity index (χ2n) is 13.6. The number of fused-ring (bicyclic) bond motifs is 1. The minimum Gasteiger partial charge on any atom is -0.475 e. The average Bonchev–Trinajstić information content (AvgIpc) is 3.75. The number of H-pyrrole nitrogens is 1. The number of carbonyl (C=O) groups excluding carboxylic acids is 1. The zero-order valence-corrected chi connectivity index (χ0v) is 28.3. The van der Waals surface area contributed by atoms with Crippen molar-refractivity contribution in [2.45, 2.75) is 76.1 Å². The number of aromatic amines is 1. The Labute approximate surface area is 292 Å². The lowest BCUT2D eigenvalue weighted by Gasteiger charge is -2.53. The molecule has 52 heavy (non-hydrogen) atoms. The Hall–Kier alpha value is -5.16. The zero-order chi connectivity index (χ0) is 38.1. The van der Waals surface area contributed by atoms with Crippen molar-refractivity contribution in [1.82, 2.24) is 49.8 Å². The maximum Gasteiger partial charge on any atom is 0.490 e. The topological polar surface area (TPSA) is 182 Å². The fraction of sp³-hybridized carbons (Fsp3) is 0.500. The van der Waals surface area contributed by atoms with Crippen LogP contribution in [0.25, 0.3) is 22.3 Å². The predicted octanol–water partition coefficient (Wildman–Crippen LogP) is 4.38. The molecular formula is C32H35F6N11O3. The number of hydrogen-bond acceptors (Lipinski definition) is 10. The molecule has 4 aromatic heterocycles. The Kier molecular flexibility index (Phi) is 10.6. The summed E-state index contributed by atoms with van der Waals surface area (Å²) in [6.07, 6.45) is -1.28. The van der Waals surface area contributed by atoms with Gasteiger partial charge < -0.3 is 20.3 Å². The van der Waals surface area contributed by atoms with Crippen LogP contribution in [0.4, 0.5) is 26.3 Å². The third-order valence-corrected chi connectivity index (χ3v) is 8.66. The van der Waals surface area contributed by atoms with Crippen LogP contribution in [0.2, 0.25) is 0 Å². The number of halogens is 6. The molecule has 20 heteroatoms. The molecule has 0 bridgehead atoms. The quantitative estimate of drug-likeness (QED) is 0.229. The monoisotopic (exact) mass is 735 g/mol. The summed E-state index contributed by atoms with van der Waals surface area (Å²) in [5.74, 6) is -4.61. The highest BCUT2D eigenvalue weighted by molar-refractivity contribution is 5.92. The Morgan fingerprint density at radius 2 is 1.77 bits per heavy atom. The number of carbonyl (C=O) groups is 2. The first kappa shape index (κ1) is 38.1. The van der Waals surface area contributed by atoms with E-state index in [1.54, 1.807) is 11.1 Å². The van der Waals surface area contributed by atoms with Crippen molar-refractivity contribution in [3.63, 3.8) is 0 Å². The van der Waals surface area contributed by atoms with Gasteiger partial charge in [-0.05, 0) is 45.7 Å². The molecule has 6 rings (SSSR count). The van der Waals surface area contributed by atoms with Crippen molar-refractivity contribution in [2.75, 3.05) is 26.2 Å². The van der Waals surface area contributed by atoms with E-state index in [0.29, 0.717) is 39.0 Å². The standard InChI is InChI=1S/C30H34F3N11O.C2HF3O2/c1-28(2,3)38-14-20-12-23(41-27(40-20)30(31,32)33)26(45)42-10-5-21(6-11-42)43-16-29(17-43,7-8-34)44-15-19(13-39-44)24-22-4-9-35-25(22)37-18-36-24;3-2(4,5)1(6)7/h4,9,12-13,15,18,21,38H,5-7,10-11,14,16-17H2,1-3H3,(H,35,36,37);(H,6,7). The molecule has 0 unspecified atom stereocenters. The smallest absolute Gasteiger partial charge is 0.475 e. The van der Waals surface area contributed by atoms with Crippen molar-refractivity contribution < 1.29 is 41.0 Å². The van der Waals surface area contributed by atoms with E-state index < -0.39 is 35.6 Å². The molecule has 14 nitrogen and oxygen atoms in total. The second kappa shape index (κ2) is 14.5. The van der Waals surface area contributed by atoms with Gasteiger partial charge in [0.15, 0.2) is 0 Å². The molecule has 2 aliphatic heterocycles. The first-order valence-electron chi connectivity index (χ1n) is 16.0. The van der Waals surface area contributed by atoms with Crippen molar-refractivity contribution in [2.24, 2.45) is 0 Å². The summed E-state index contributed by atoms with van der Waals surface area (Å²) < 4.78 is 74.3. The van der Waals surface area contributed by atoms with Gasteiger partial charge in [-0.15, -0.1) is 0 Å². The lowest BCUT2D eigenvalue weighted by molar-refractivity contribution is -0.192. The van der Waals surface area contributed by atoms with Crippen LogP contribution in [0.5, 0.6) is 0 Å². The first-order chi connectivity index (χ1) is 24.3. The highest BCUT2D eigenvalue weighted by atomic mass is 19.4. The van der Waals surface area contributed by atoms with Crippen LogP contribution in [-0.2, 0) is 23.1 Å². The van der Waals surface area contributed by atoms with Crippen LogP contribution in [0.3, 0.4) is 0 Å². The third kappa shape index (κ3) is 8.65. The number of nitriles is 1. The largest absolute Gasteiger partial charge is 0.490 e. The number of likely N-dealkylation sites (tertiary alicyclic amines) is 2. The van der Waals surface area contributed by atoms with Crippen LogP contribution >= 0.6 is 0 Å². The van der Waals surface area contributed by atoms with Gasteiger partial charge in [-0.2, -0.15) is 36.7 Å². The number of nitrogens with one attached hydrogen (secondary N) is 2. The molecule has 0 saturated carbocycles. The molecule has 0 radical (unpaired) electrons. The summed E-state index contributed by atoms with van der Waals surface area (Å²) in [6, 6.07) is 5.74. The van der Waals surface area contributed by atoms with E-state index in [-0.39, 0.29) is 35.9 Å². The zero-order valence-electron chi connectivity index (χ0n) is 28.3. The fourth-order valence-electron chi connectivity index (χ4n) is 6.04. The number of rotatable bonds is 7. The van der Waals surface area contributed by atoms with E-state index in [1.165, 1.54) is 12.4 Å². The Balaban J connectivity index is 0.000000679. The third-order valence-electron chi connectivity index (χ3n) is 8.66. The number of piperidine rings is 1. The summed E-state index contributed by atoms with van der Waals surface area (Å²) in [5.41, 5.74) is 1.35. The Morgan fingerprint density at radius 1 is 1.10 bits per heavy atom. The summed E-state index contributed by atoms with van der Waals surface area (Å²) in [6.45, 7) is 7.77. The number of carboxylic acids is 1. The lowest BCUT2D eigenvalue weighted by atomic mass is 9.83. The SMILES string of the molecule is CC(C)(C)NCc1cc(C(=O)N2CCC(N3CC(CC#N)(n4cc(-c5ncnc6[nH]ccc56)cn4)C3)CC2)nc(C(F)(F)F)n1.O=C(O)C(F)(F)F. The highest BCUT2D eigenvalue weighted by Crippen LogP contribution is 2.37. The molecule has 0 spiro atoms. The summed E-state index contributed by atoms with van der Waals surface area (Å²) in [7, 11) is 0. The Morgan fingerprint density at radius 3 is 2.37 bits per heavy atom. The minimum atomic E-state index is -5.08. The Bertz CT molecular complexity index is 1950. The van der Waals surface area contributed by atoms with Gasteiger partial charge in [0.25, 0.3) is 5.91 Å². The molecule has 0 atom stereocenters. The summed E-state index contributed by atoms with van der Waals surface area (Å²) >= 11 is 0. The van der Waals surface area contributed by atoms with Crippen LogP contribution in [0.15, 0.2) is 37.1 Å². The van der Waals surface area contributed by atoms with Crippen LogP contribution in [0, 0.1) is 11.3 Å². The number of alkyl halides is 6. The highest BCUT2D eigenvalue weighted by Gasteiger charge is 2.48. The van der Waals surface area contributed by atoms with Crippen LogP contribution in [0.1, 0.15) is 62.0 Å². The van der Waals surface area contributed by atoms with E-state index >= 15 is 0 Å². The normalized spacial score (nSPS) is 16.9. The van der Waals surface area contributed by atoms with Crippen molar-refractivity contribution >= 4 is 22.9 Å². The van der Waals surface area contributed by atoms with E-state index in [4.69, 9.17) is 9.90 Å². The molecule has 1 amide bonds. The van der Waals surface area contributed by atoms with Gasteiger partial charge in [0, 0.05) is 67.6 Å². The van der Waals surface area contributed by atoms with Crippen LogP contribution in [-0.4, -0.2) is 105 Å². The molecule has 0 aliphatic carbocycles. The van der Waals surface area contributed by atoms with Crippen molar-refractivity contribution in [3.05, 3.63) is 54.3 Å². The maximum absolute atomic E-state index is 13.6. The molecule has 2 fully saturated rings. The number of carboxylic acid groups (broad SMARTS) is 1. The summed E-state index contributed by atoms with van der Waals surface area (Å²) in [4.78, 5) is 45.1. The molecule has 4 aromatic rings. The van der Waals surface area contributed by atoms with E-state index in [0.717, 1.165) is 22.3 Å². The fourth-order valence-corrected chi connectivity index (χ4v) is 6.04. The van der Waals surface area contributed by atoms with E-state index in [9.17, 15) is 36.4 Å². The predicted molar refractivity (Wildman–Crippen MR) is 171 cm³/mol. The van der Waals surface area contributed by atoms with E-state index in [1.807, 2.05) is 43.9 Å². The number of aromatic nitrogens is 7. The molecule has 2 aliphatic rings. The van der Waals surface area contributed by atoms with Gasteiger partial charge in [-0.1, -0.05) is 0 Å². The van der Waals surface area contributed by atoms with E-state index in [2.05, 4.69) is 46.3 Å². The van der Waals surface area contributed by atoms with Gasteiger partial charge >= 0.3 is 18.3 Å². The average molecular weight is 736 g/mol. The van der Waals surface area contributed by atoms with Crippen LogP contribution < -0.4 is 5.32 Å². The number of nitrogens with zero attached hydrogens (tertiary/aromatic N) is 9. The molecule has 278 valence electrons. The van der Waals surface area contributed by atoms with Gasteiger partial charge in [0.05, 0.1) is 30.1 Å². The second-order valence-corrected chi connectivity index (χ2v) is 13.6. The molecule has 2 saturated heterocycles. The number of aliphatic carboxylic acids is 1. The molecule has 0 aromatic carbocycles. The maximum atomic E-state index is 13.6. The number of amides is 1. The van der Waals surface area contributed by atoms with Crippen molar-refractivity contribution in [1.29, 1.82) is 5.26 Å². The molecule has 3 N–H and O–H groups in total. The molecular weight excluding hydrogens is 700 g/mol.